The van der Waals surface area contributed by atoms with Crippen molar-refractivity contribution in [2.24, 2.45) is 0 Å². The average Bonchev–Trinajstić information content (AvgIpc) is 2.89. The highest BCUT2D eigenvalue weighted by atomic mass is 16.7. The van der Waals surface area contributed by atoms with Gasteiger partial charge in [0.05, 0.1) is 5.56 Å². The molecular formula is C18H18O4. The van der Waals surface area contributed by atoms with Crippen molar-refractivity contribution in [1.29, 1.82) is 0 Å². The first-order valence-electron chi connectivity index (χ1n) is 7.37. The molecule has 0 saturated carbocycles. The third-order valence-corrected chi connectivity index (χ3v) is 3.63. The Morgan fingerprint density at radius 1 is 0.682 bits per heavy atom. The summed E-state index contributed by atoms with van der Waals surface area (Å²) < 4.78 is 23.8. The van der Waals surface area contributed by atoms with Crippen LogP contribution in [0.1, 0.15) is 27.7 Å². The Hall–Kier alpha value is -2.36. The zero-order valence-corrected chi connectivity index (χ0v) is 13.1. The van der Waals surface area contributed by atoms with E-state index >= 15 is 0 Å². The van der Waals surface area contributed by atoms with Crippen molar-refractivity contribution in [2.45, 2.75) is 39.3 Å². The molecule has 0 saturated heterocycles. The van der Waals surface area contributed by atoms with E-state index in [2.05, 4.69) is 0 Å². The van der Waals surface area contributed by atoms with Crippen LogP contribution in [0.25, 0.3) is 11.1 Å². The van der Waals surface area contributed by atoms with Crippen molar-refractivity contribution in [1.82, 2.24) is 0 Å². The molecule has 4 nitrogen and oxygen atoms in total. The summed E-state index contributed by atoms with van der Waals surface area (Å²) in [4.78, 5) is 0. The first kappa shape index (κ1) is 13.3. The van der Waals surface area contributed by atoms with Gasteiger partial charge in [0.15, 0.2) is 23.0 Å². The van der Waals surface area contributed by atoms with E-state index in [0.717, 1.165) is 11.1 Å². The fourth-order valence-corrected chi connectivity index (χ4v) is 2.88. The van der Waals surface area contributed by atoms with Gasteiger partial charge in [-0.2, -0.15) is 0 Å². The molecule has 0 aliphatic carbocycles. The Morgan fingerprint density at radius 3 is 1.68 bits per heavy atom. The smallest absolute Gasteiger partial charge is 0.246 e. The molecule has 0 radical (unpaired) electrons. The van der Waals surface area contributed by atoms with Crippen molar-refractivity contribution < 1.29 is 18.9 Å². The van der Waals surface area contributed by atoms with Crippen LogP contribution < -0.4 is 18.9 Å². The maximum atomic E-state index is 6.02. The summed E-state index contributed by atoms with van der Waals surface area (Å²) in [5.74, 6) is 1.38. The number of fused-ring (bicyclic) bond motifs is 2. The number of ether oxygens (including phenoxy) is 4. The average molecular weight is 298 g/mol. The third-order valence-electron chi connectivity index (χ3n) is 3.63. The number of benzene rings is 2. The summed E-state index contributed by atoms with van der Waals surface area (Å²) in [5, 5.41) is 0. The van der Waals surface area contributed by atoms with Crippen molar-refractivity contribution in [3.63, 3.8) is 0 Å². The van der Waals surface area contributed by atoms with E-state index in [1.54, 1.807) is 0 Å². The van der Waals surface area contributed by atoms with E-state index in [0.29, 0.717) is 23.0 Å². The SMILES string of the molecule is CC1(C)Oc2cc3c(c(-c4ccccc4)c2O1)OC(C)(C)O3. The van der Waals surface area contributed by atoms with Crippen LogP contribution in [-0.4, -0.2) is 11.6 Å². The molecule has 0 fully saturated rings. The molecule has 2 aliphatic heterocycles. The maximum Gasteiger partial charge on any atom is 0.246 e. The molecule has 22 heavy (non-hydrogen) atoms. The Bertz CT molecular complexity index is 705. The lowest BCUT2D eigenvalue weighted by Crippen LogP contribution is -2.30. The largest absolute Gasteiger partial charge is 0.449 e. The molecule has 2 heterocycles. The molecule has 0 N–H and O–H groups in total. The molecule has 2 aromatic rings. The van der Waals surface area contributed by atoms with Gasteiger partial charge in [-0.05, 0) is 5.56 Å². The lowest BCUT2D eigenvalue weighted by Gasteiger charge is -2.18. The number of hydrogen-bond donors (Lipinski definition) is 0. The van der Waals surface area contributed by atoms with E-state index in [4.69, 9.17) is 18.9 Å². The first-order valence-corrected chi connectivity index (χ1v) is 7.37. The second-order valence-electron chi connectivity index (χ2n) is 6.48. The third kappa shape index (κ3) is 1.98. The molecule has 2 aromatic carbocycles. The molecule has 4 rings (SSSR count). The van der Waals surface area contributed by atoms with Crippen LogP contribution in [0.15, 0.2) is 36.4 Å². The Labute approximate surface area is 129 Å². The standard InChI is InChI=1S/C18H18O4/c1-17(2)19-12-10-13-16(22-18(3,4)20-13)14(15(12)21-17)11-8-6-5-7-9-11/h5-10H,1-4H3. The molecule has 0 atom stereocenters. The zero-order chi connectivity index (χ0) is 15.5. The highest BCUT2D eigenvalue weighted by Crippen LogP contribution is 2.57. The first-order chi connectivity index (χ1) is 10.3. The van der Waals surface area contributed by atoms with E-state index in [1.165, 1.54) is 0 Å². The Morgan fingerprint density at radius 2 is 1.18 bits per heavy atom. The van der Waals surface area contributed by atoms with Gasteiger partial charge in [0, 0.05) is 33.8 Å². The predicted molar refractivity (Wildman–Crippen MR) is 82.5 cm³/mol. The van der Waals surface area contributed by atoms with Gasteiger partial charge in [-0.3, -0.25) is 0 Å². The number of rotatable bonds is 1. The Kier molecular flexibility index (Phi) is 2.48. The lowest BCUT2D eigenvalue weighted by molar-refractivity contribution is -0.0477. The molecule has 2 aliphatic rings. The predicted octanol–water partition coefficient (Wildman–Crippen LogP) is 4.37. The molecular weight excluding hydrogens is 280 g/mol. The summed E-state index contributed by atoms with van der Waals surface area (Å²) >= 11 is 0. The minimum Gasteiger partial charge on any atom is -0.449 e. The topological polar surface area (TPSA) is 36.9 Å². The van der Waals surface area contributed by atoms with Crippen LogP contribution in [0.2, 0.25) is 0 Å². The normalized spacial score (nSPS) is 19.3. The minimum atomic E-state index is -0.698. The molecule has 0 spiro atoms. The van der Waals surface area contributed by atoms with E-state index in [9.17, 15) is 0 Å². The van der Waals surface area contributed by atoms with Gasteiger partial charge in [0.25, 0.3) is 0 Å². The Balaban J connectivity index is 1.97. The zero-order valence-electron chi connectivity index (χ0n) is 13.1. The van der Waals surface area contributed by atoms with Gasteiger partial charge in [-0.15, -0.1) is 0 Å². The van der Waals surface area contributed by atoms with Crippen LogP contribution in [0, 0.1) is 0 Å². The van der Waals surface area contributed by atoms with Gasteiger partial charge >= 0.3 is 0 Å². The second-order valence-corrected chi connectivity index (χ2v) is 6.48. The van der Waals surface area contributed by atoms with Crippen LogP contribution in [-0.2, 0) is 0 Å². The van der Waals surface area contributed by atoms with Crippen LogP contribution in [0.4, 0.5) is 0 Å². The summed E-state index contributed by atoms with van der Waals surface area (Å²) in [7, 11) is 0. The van der Waals surface area contributed by atoms with E-state index in [-0.39, 0.29) is 0 Å². The molecule has 0 amide bonds. The molecule has 0 unspecified atom stereocenters. The summed E-state index contributed by atoms with van der Waals surface area (Å²) in [6.45, 7) is 7.55. The van der Waals surface area contributed by atoms with Gasteiger partial charge in [-0.1, -0.05) is 30.3 Å². The second kappa shape index (κ2) is 4.09. The van der Waals surface area contributed by atoms with Crippen LogP contribution in [0.3, 0.4) is 0 Å². The fourth-order valence-electron chi connectivity index (χ4n) is 2.88. The molecule has 0 bridgehead atoms. The monoisotopic (exact) mass is 298 g/mol. The van der Waals surface area contributed by atoms with Crippen molar-refractivity contribution >= 4 is 0 Å². The maximum absolute atomic E-state index is 6.02. The minimum absolute atomic E-state index is 0.684. The van der Waals surface area contributed by atoms with Crippen molar-refractivity contribution in [3.8, 4) is 34.1 Å². The van der Waals surface area contributed by atoms with E-state index in [1.807, 2.05) is 64.1 Å². The van der Waals surface area contributed by atoms with Crippen molar-refractivity contribution in [3.05, 3.63) is 36.4 Å². The van der Waals surface area contributed by atoms with Gasteiger partial charge < -0.3 is 18.9 Å². The highest BCUT2D eigenvalue weighted by molar-refractivity contribution is 5.84. The number of hydrogen-bond acceptors (Lipinski definition) is 4. The molecule has 0 aromatic heterocycles. The summed E-state index contributed by atoms with van der Waals surface area (Å²) in [5.41, 5.74) is 1.89. The summed E-state index contributed by atoms with van der Waals surface area (Å²) in [6, 6.07) is 11.9. The van der Waals surface area contributed by atoms with Gasteiger partial charge in [-0.25, -0.2) is 0 Å². The van der Waals surface area contributed by atoms with E-state index < -0.39 is 11.6 Å². The van der Waals surface area contributed by atoms with Crippen LogP contribution >= 0.6 is 0 Å². The van der Waals surface area contributed by atoms with Gasteiger partial charge in [0.2, 0.25) is 11.6 Å². The lowest BCUT2D eigenvalue weighted by atomic mass is 10.0. The quantitative estimate of drug-likeness (QED) is 0.783. The fraction of sp³-hybridized carbons (Fsp3) is 0.333. The molecule has 4 heteroatoms. The van der Waals surface area contributed by atoms with Crippen LogP contribution in [0.5, 0.6) is 23.0 Å². The molecule has 114 valence electrons. The van der Waals surface area contributed by atoms with Crippen molar-refractivity contribution in [2.75, 3.05) is 0 Å². The summed E-state index contributed by atoms with van der Waals surface area (Å²) in [6.07, 6.45) is 0. The highest BCUT2D eigenvalue weighted by Gasteiger charge is 2.42. The van der Waals surface area contributed by atoms with Gasteiger partial charge in [0.1, 0.15) is 0 Å².